The van der Waals surface area contributed by atoms with Crippen molar-refractivity contribution in [2.45, 2.75) is 19.9 Å². The molecule has 2 heterocycles. The summed E-state index contributed by atoms with van der Waals surface area (Å²) in [4.78, 5) is 32.7. The number of Topliss-reactive ketones (excluding diaryl/α,β-unsaturated/α-hetero) is 1. The number of amides is 1. The van der Waals surface area contributed by atoms with Crippen molar-refractivity contribution < 1.29 is 24.5 Å². The van der Waals surface area contributed by atoms with Crippen molar-refractivity contribution in [1.29, 1.82) is 0 Å². The molecule has 1 aliphatic rings. The molecule has 0 saturated carbocycles. The maximum Gasteiger partial charge on any atom is 0.301 e. The van der Waals surface area contributed by atoms with Gasteiger partial charge < -0.3 is 14.9 Å². The molecule has 1 saturated heterocycles. The van der Waals surface area contributed by atoms with Crippen LogP contribution in [0.1, 0.15) is 29.7 Å². The van der Waals surface area contributed by atoms with E-state index in [4.69, 9.17) is 16.3 Å². The minimum Gasteiger partial charge on any atom is -0.507 e. The highest BCUT2D eigenvalue weighted by Crippen LogP contribution is 2.45. The van der Waals surface area contributed by atoms with Crippen molar-refractivity contribution in [3.63, 3.8) is 0 Å². The van der Waals surface area contributed by atoms with Gasteiger partial charge in [0.15, 0.2) is 16.6 Å². The third-order valence-corrected chi connectivity index (χ3v) is 7.17. The van der Waals surface area contributed by atoms with E-state index in [-0.39, 0.29) is 22.8 Å². The van der Waals surface area contributed by atoms with Gasteiger partial charge in [-0.1, -0.05) is 35.1 Å². The molecular weight excluding hydrogens is 500 g/mol. The summed E-state index contributed by atoms with van der Waals surface area (Å²) in [6.45, 7) is 4.05. The van der Waals surface area contributed by atoms with E-state index in [2.05, 4.69) is 4.98 Å². The van der Waals surface area contributed by atoms with Gasteiger partial charge in [-0.2, -0.15) is 0 Å². The monoisotopic (exact) mass is 520 g/mol. The summed E-state index contributed by atoms with van der Waals surface area (Å²) in [7, 11) is 0. The molecule has 9 heteroatoms. The minimum atomic E-state index is -0.998. The number of aliphatic hydroxyl groups is 1. The normalized spacial score (nSPS) is 17.2. The topological polar surface area (TPSA) is 100.0 Å². The zero-order valence-corrected chi connectivity index (χ0v) is 20.9. The third-order valence-electron chi connectivity index (χ3n) is 5.90. The third kappa shape index (κ3) is 4.08. The molecule has 1 aromatic heterocycles. The molecule has 3 aromatic carbocycles. The molecular formula is C27H21ClN2O5S. The highest BCUT2D eigenvalue weighted by molar-refractivity contribution is 7.22. The summed E-state index contributed by atoms with van der Waals surface area (Å²) >= 11 is 7.28. The van der Waals surface area contributed by atoms with Gasteiger partial charge in [0.2, 0.25) is 0 Å². The van der Waals surface area contributed by atoms with Crippen molar-refractivity contribution >= 4 is 55.7 Å². The van der Waals surface area contributed by atoms with E-state index in [0.29, 0.717) is 33.4 Å². The lowest BCUT2D eigenvalue weighted by atomic mass is 9.95. The first-order valence-electron chi connectivity index (χ1n) is 11.2. The van der Waals surface area contributed by atoms with E-state index in [1.807, 2.05) is 25.1 Å². The van der Waals surface area contributed by atoms with Gasteiger partial charge in [-0.3, -0.25) is 14.5 Å². The number of anilines is 1. The van der Waals surface area contributed by atoms with Crippen molar-refractivity contribution in [2.75, 3.05) is 11.5 Å². The van der Waals surface area contributed by atoms with Crippen LogP contribution in [0.25, 0.3) is 16.0 Å². The van der Waals surface area contributed by atoms with E-state index in [1.165, 1.54) is 22.3 Å². The van der Waals surface area contributed by atoms with E-state index in [9.17, 15) is 19.8 Å². The number of aliphatic hydroxyl groups excluding tert-OH is 1. The Morgan fingerprint density at radius 2 is 1.86 bits per heavy atom. The van der Waals surface area contributed by atoms with Crippen molar-refractivity contribution in [1.82, 2.24) is 4.98 Å². The van der Waals surface area contributed by atoms with Crippen LogP contribution >= 0.6 is 22.9 Å². The molecule has 1 atom stereocenters. The number of ether oxygens (including phenoxy) is 1. The Labute approximate surface area is 215 Å². The van der Waals surface area contributed by atoms with E-state index in [0.717, 1.165) is 10.3 Å². The lowest BCUT2D eigenvalue weighted by molar-refractivity contribution is -0.132. The van der Waals surface area contributed by atoms with Gasteiger partial charge in [-0.05, 0) is 73.5 Å². The first-order chi connectivity index (χ1) is 17.3. The van der Waals surface area contributed by atoms with Gasteiger partial charge in [0.1, 0.15) is 5.76 Å². The number of fused-ring (bicyclic) bond motifs is 1. The Morgan fingerprint density at radius 3 is 2.58 bits per heavy atom. The van der Waals surface area contributed by atoms with Crippen molar-refractivity contribution in [3.05, 3.63) is 87.9 Å². The Hall–Kier alpha value is -3.88. The van der Waals surface area contributed by atoms with E-state index < -0.39 is 17.7 Å². The number of hydrogen-bond acceptors (Lipinski definition) is 7. The van der Waals surface area contributed by atoms with Gasteiger partial charge in [0.05, 0.1) is 28.4 Å². The molecule has 0 bridgehead atoms. The number of thiazole rings is 1. The van der Waals surface area contributed by atoms with Crippen LogP contribution in [0.5, 0.6) is 11.5 Å². The number of rotatable bonds is 5. The molecule has 1 unspecified atom stereocenters. The number of nitrogens with zero attached hydrogens (tertiary/aromatic N) is 2. The van der Waals surface area contributed by atoms with Crippen LogP contribution in [0.3, 0.4) is 0 Å². The molecule has 0 spiro atoms. The number of halogens is 1. The van der Waals surface area contributed by atoms with Crippen LogP contribution in [-0.2, 0) is 9.59 Å². The molecule has 1 amide bonds. The SMILES string of the molecule is CCOc1cc(C2C(=C(O)c3ccc(Cl)cc3)C(=O)C(=O)N2c2nc3ccc(C)cc3s2)ccc1O. The largest absolute Gasteiger partial charge is 0.507 e. The molecule has 0 radical (unpaired) electrons. The lowest BCUT2D eigenvalue weighted by Crippen LogP contribution is -2.29. The number of phenolic OH excluding ortho intramolecular Hbond substituents is 1. The maximum atomic E-state index is 13.4. The number of phenols is 1. The molecule has 4 aromatic rings. The Bertz CT molecular complexity index is 1540. The molecule has 0 aliphatic carbocycles. The van der Waals surface area contributed by atoms with Crippen LogP contribution < -0.4 is 9.64 Å². The number of carbonyl (C=O) groups is 2. The van der Waals surface area contributed by atoms with Gasteiger partial charge in [0, 0.05) is 10.6 Å². The summed E-state index contributed by atoms with van der Waals surface area (Å²) in [6, 6.07) is 15.7. The van der Waals surface area contributed by atoms with E-state index >= 15 is 0 Å². The van der Waals surface area contributed by atoms with Crippen molar-refractivity contribution in [2.24, 2.45) is 0 Å². The summed E-state index contributed by atoms with van der Waals surface area (Å²) in [5, 5.41) is 22.3. The maximum absolute atomic E-state index is 13.4. The van der Waals surface area contributed by atoms with Crippen LogP contribution in [0.2, 0.25) is 5.02 Å². The van der Waals surface area contributed by atoms with Gasteiger partial charge in [0.25, 0.3) is 5.78 Å². The number of aryl methyl sites for hydroxylation is 1. The molecule has 36 heavy (non-hydrogen) atoms. The van der Waals surface area contributed by atoms with Gasteiger partial charge >= 0.3 is 5.91 Å². The fraction of sp³-hybridized carbons (Fsp3) is 0.148. The van der Waals surface area contributed by atoms with Gasteiger partial charge in [-0.15, -0.1) is 0 Å². The second-order valence-electron chi connectivity index (χ2n) is 8.30. The second kappa shape index (κ2) is 9.29. The molecule has 1 aliphatic heterocycles. The smallest absolute Gasteiger partial charge is 0.301 e. The van der Waals surface area contributed by atoms with Crippen molar-refractivity contribution in [3.8, 4) is 11.5 Å². The number of aromatic hydroxyl groups is 1. The quantitative estimate of drug-likeness (QED) is 0.190. The summed E-state index contributed by atoms with van der Waals surface area (Å²) in [5.74, 6) is -1.86. The molecule has 2 N–H and O–H groups in total. The average molecular weight is 521 g/mol. The van der Waals surface area contributed by atoms with Gasteiger partial charge in [-0.25, -0.2) is 4.98 Å². The number of benzene rings is 3. The van der Waals surface area contributed by atoms with Crippen LogP contribution in [0.4, 0.5) is 5.13 Å². The zero-order chi connectivity index (χ0) is 25.6. The number of ketones is 1. The molecule has 1 fully saturated rings. The predicted molar refractivity (Wildman–Crippen MR) is 140 cm³/mol. The number of carbonyl (C=O) groups excluding carboxylic acids is 2. The minimum absolute atomic E-state index is 0.0780. The van der Waals surface area contributed by atoms with Crippen LogP contribution in [0.15, 0.2) is 66.2 Å². The summed E-state index contributed by atoms with van der Waals surface area (Å²) in [5.41, 5.74) is 2.46. The van der Waals surface area contributed by atoms with Crippen LogP contribution in [0, 0.1) is 6.92 Å². The Kier molecular flexibility index (Phi) is 6.15. The fourth-order valence-corrected chi connectivity index (χ4v) is 5.42. The number of aromatic nitrogens is 1. The fourth-order valence-electron chi connectivity index (χ4n) is 4.20. The molecule has 182 valence electrons. The molecule has 7 nitrogen and oxygen atoms in total. The number of hydrogen-bond donors (Lipinski definition) is 2. The average Bonchev–Trinajstić information content (AvgIpc) is 3.38. The summed E-state index contributed by atoms with van der Waals surface area (Å²) in [6.07, 6.45) is 0. The lowest BCUT2D eigenvalue weighted by Gasteiger charge is -2.23. The Balaban J connectivity index is 1.74. The first-order valence-corrected chi connectivity index (χ1v) is 12.4. The highest BCUT2D eigenvalue weighted by Gasteiger charge is 2.48. The molecule has 5 rings (SSSR count). The second-order valence-corrected chi connectivity index (χ2v) is 9.75. The zero-order valence-electron chi connectivity index (χ0n) is 19.4. The van der Waals surface area contributed by atoms with E-state index in [1.54, 1.807) is 43.3 Å². The van der Waals surface area contributed by atoms with Crippen LogP contribution in [-0.4, -0.2) is 33.5 Å². The predicted octanol–water partition coefficient (Wildman–Crippen LogP) is 5.99. The summed E-state index contributed by atoms with van der Waals surface area (Å²) < 4.78 is 6.41. The first kappa shape index (κ1) is 23.8. The highest BCUT2D eigenvalue weighted by atomic mass is 35.5. The Morgan fingerprint density at radius 1 is 1.11 bits per heavy atom. The standard InChI is InChI=1S/C27H21ClN2O5S/c1-3-35-20-13-16(7-11-19(20)31)23-22(24(32)15-5-8-17(28)9-6-15)25(33)26(34)30(23)27-29-18-10-4-14(2)12-21(18)36-27/h4-13,23,31-32H,3H2,1-2H3.